The number of amides is 3. The third-order valence-electron chi connectivity index (χ3n) is 20.3. The van der Waals surface area contributed by atoms with Gasteiger partial charge in [0.05, 0.1) is 83.8 Å². The Labute approximate surface area is 729 Å². The highest BCUT2D eigenvalue weighted by Crippen LogP contribution is 2.33. The van der Waals surface area contributed by atoms with E-state index in [4.69, 9.17) is 0 Å². The van der Waals surface area contributed by atoms with Gasteiger partial charge in [-0.3, -0.25) is 83.7 Å². The molecule has 0 aliphatic heterocycles. The standard InChI is InChI=1S/C24H20N8O.2C23H18N8O.C23H19N7O/c1-15-9-17(5-6-26-15)23-19-10-16(2)32(24(19)30-14-29-23)13-22(33)31-21-4-3-18(11-28-21)20-12-25-7-8-27-20;1-15-10-16(4-6-25-15)22-18-5-9-31(23(18)29-14-28-22)13-21(32)30-20-3-2-17(11-27-20)19-12-24-7-8-26-19;1-15-10-16(4-6-25-15)18-5-7-27-23-19(18)12-29-31(23)14-22(32)30-21-3-2-17(11-28-21)20-13-24-8-9-26-20;1-29-22(5-8-28-29)19-4-7-26-23-20(19)6-11-30(23)15-18(31)12-17-3-2-16(13-27-17)21-14-24-9-10-25-21/h3-12,14H,13H2,1-2H3,(H,28,31,33);2-12,14H,13H2,1H3,(H,27,30,32);2-13H,14H2,1H3,(H,28,30,32);2-11,13-14H,12,15H2,1H3. The first kappa shape index (κ1) is 82.5. The van der Waals surface area contributed by atoms with Gasteiger partial charge in [-0.05, 0) is 160 Å². The maximum atomic E-state index is 12.8. The monoisotopic (exact) mass is 1690 g/mol. The topological polar surface area (TPSA) is 425 Å². The van der Waals surface area contributed by atoms with Gasteiger partial charge in [-0.1, -0.05) is 0 Å². The summed E-state index contributed by atoms with van der Waals surface area (Å²) in [5.41, 5.74) is 21.0. The molecule has 35 heteroatoms. The molecular formula is C93H75N31O4. The second-order valence-electron chi connectivity index (χ2n) is 29.1. The third-order valence-corrected chi connectivity index (χ3v) is 20.3. The summed E-state index contributed by atoms with van der Waals surface area (Å²) in [6.45, 7) is 8.23. The molecule has 0 fully saturated rings. The summed E-state index contributed by atoms with van der Waals surface area (Å²) in [5, 5.41) is 20.7. The van der Waals surface area contributed by atoms with Crippen LogP contribution in [-0.4, -0.2) is 161 Å². The van der Waals surface area contributed by atoms with Gasteiger partial charge in [0.1, 0.15) is 66.7 Å². The molecule has 3 N–H and O–H groups in total. The Morgan fingerprint density at radius 1 is 0.320 bits per heavy atom. The minimum atomic E-state index is -0.248. The number of hydrogen-bond acceptors (Lipinski definition) is 27. The van der Waals surface area contributed by atoms with E-state index in [1.165, 1.54) is 12.7 Å². The number of aromatic nitrogens is 28. The summed E-state index contributed by atoms with van der Waals surface area (Å²) in [6.07, 6.45) is 45.6. The highest BCUT2D eigenvalue weighted by molar-refractivity contribution is 5.98. The molecule has 0 bridgehead atoms. The van der Waals surface area contributed by atoms with Crippen LogP contribution in [0.2, 0.25) is 0 Å². The first-order valence-corrected chi connectivity index (χ1v) is 40.0. The van der Waals surface area contributed by atoms with E-state index in [1.807, 2.05) is 164 Å². The number of ketones is 1. The van der Waals surface area contributed by atoms with Crippen molar-refractivity contribution in [1.82, 2.24) is 138 Å². The van der Waals surface area contributed by atoms with Gasteiger partial charge >= 0.3 is 0 Å². The summed E-state index contributed by atoms with van der Waals surface area (Å²) in [5.74, 6) is 0.773. The number of anilines is 3. The quantitative estimate of drug-likeness (QED) is 0.0601. The van der Waals surface area contributed by atoms with E-state index in [-0.39, 0.29) is 56.1 Å². The zero-order valence-corrected chi connectivity index (χ0v) is 69.3. The number of fused-ring (bicyclic) bond motifs is 4. The maximum absolute atomic E-state index is 12.8. The molecule has 0 saturated heterocycles. The van der Waals surface area contributed by atoms with E-state index < -0.39 is 0 Å². The summed E-state index contributed by atoms with van der Waals surface area (Å²) >= 11 is 0. The molecule has 35 nitrogen and oxygen atoms in total. The lowest BCUT2D eigenvalue weighted by Crippen LogP contribution is -2.20. The molecule has 626 valence electrons. The van der Waals surface area contributed by atoms with Crippen molar-refractivity contribution in [3.05, 3.63) is 317 Å². The van der Waals surface area contributed by atoms with Crippen molar-refractivity contribution in [2.45, 2.75) is 60.3 Å². The molecule has 0 atom stereocenters. The van der Waals surface area contributed by atoms with Crippen LogP contribution < -0.4 is 16.0 Å². The lowest BCUT2D eigenvalue weighted by Gasteiger charge is -2.09. The van der Waals surface area contributed by atoms with Gasteiger partial charge in [-0.25, -0.2) is 49.5 Å². The Morgan fingerprint density at radius 2 is 0.781 bits per heavy atom. The molecule has 128 heavy (non-hydrogen) atoms. The number of Topliss-reactive ketones (excluding diaryl/α,β-unsaturated/α-hetero) is 1. The van der Waals surface area contributed by atoms with E-state index in [2.05, 4.69) is 131 Å². The molecule has 0 radical (unpaired) electrons. The largest absolute Gasteiger partial charge is 0.325 e. The number of nitrogens with zero attached hydrogens (tertiary/aromatic N) is 28. The molecule has 0 aromatic carbocycles. The Balaban J connectivity index is 0.000000120. The van der Waals surface area contributed by atoms with E-state index in [0.29, 0.717) is 40.1 Å². The lowest BCUT2D eigenvalue weighted by atomic mass is 10.0. The van der Waals surface area contributed by atoms with Crippen molar-refractivity contribution < 1.29 is 19.2 Å². The number of aryl methyl sites for hydroxylation is 5. The van der Waals surface area contributed by atoms with Crippen LogP contribution in [0.25, 0.3) is 134 Å². The molecule has 0 spiro atoms. The summed E-state index contributed by atoms with van der Waals surface area (Å²) in [4.78, 5) is 141. The Morgan fingerprint density at radius 3 is 1.28 bits per heavy atom. The molecule has 0 saturated carbocycles. The number of rotatable bonds is 21. The molecule has 20 aromatic rings. The predicted molar refractivity (Wildman–Crippen MR) is 479 cm³/mol. The minimum absolute atomic E-state index is 0.0168. The first-order valence-electron chi connectivity index (χ1n) is 40.0. The van der Waals surface area contributed by atoms with Gasteiger partial charge in [0, 0.05) is 220 Å². The smallest absolute Gasteiger partial charge is 0.247 e. The van der Waals surface area contributed by atoms with Gasteiger partial charge in [0.25, 0.3) is 0 Å². The van der Waals surface area contributed by atoms with E-state index in [0.717, 1.165) is 140 Å². The Bertz CT molecular complexity index is 7120. The number of carbonyl (C=O) groups excluding carboxylic acids is 4. The third kappa shape index (κ3) is 19.4. The zero-order valence-electron chi connectivity index (χ0n) is 69.3. The van der Waals surface area contributed by atoms with Crippen LogP contribution in [0, 0.1) is 27.7 Å². The van der Waals surface area contributed by atoms with Gasteiger partial charge < -0.3 is 29.7 Å². The molecule has 0 aliphatic rings. The zero-order chi connectivity index (χ0) is 87.8. The van der Waals surface area contributed by atoms with Crippen molar-refractivity contribution in [3.63, 3.8) is 0 Å². The SMILES string of the molecule is Cc1cc(-c2ccnc3c2cnn3CC(=O)Nc2ccc(-c3cnccn3)cn2)ccn1.Cc1cc(-c2ncnc3c2cc(C)n3CC(=O)Nc2ccc(-c3cnccn3)cn2)ccn1.Cc1cc(-c2ncnc3c2ccn3CC(=O)Nc2ccc(-c3cnccn3)cn2)ccn1.Cn1nccc1-c1ccnc2c1ccn2CC(=O)Cc1ccc(-c2cnccn2)cn1. The molecule has 0 aliphatic carbocycles. The fourth-order valence-corrected chi connectivity index (χ4v) is 14.3. The van der Waals surface area contributed by atoms with Gasteiger partial charge in [-0.2, -0.15) is 10.2 Å². The number of nitrogens with one attached hydrogen (secondary N) is 3. The highest BCUT2D eigenvalue weighted by atomic mass is 16.2. The van der Waals surface area contributed by atoms with Crippen molar-refractivity contribution >= 4 is 85.1 Å². The average Bonchev–Trinajstić information content (AvgIpc) is 1.62. The molecular weight excluding hydrogens is 1620 g/mol. The van der Waals surface area contributed by atoms with Gasteiger partial charge in [0.15, 0.2) is 11.4 Å². The predicted octanol–water partition coefficient (Wildman–Crippen LogP) is 13.3. The summed E-state index contributed by atoms with van der Waals surface area (Å²) in [7, 11) is 1.91. The normalized spacial score (nSPS) is 11.0. The number of carbonyl (C=O) groups is 4. The van der Waals surface area contributed by atoms with E-state index >= 15 is 0 Å². The number of hydrogen-bond donors (Lipinski definition) is 3. The van der Waals surface area contributed by atoms with Gasteiger partial charge in [-0.15, -0.1) is 0 Å². The Kier molecular flexibility index (Phi) is 24.6. The molecule has 20 heterocycles. The Hall–Kier alpha value is -17.8. The minimum Gasteiger partial charge on any atom is -0.325 e. The van der Waals surface area contributed by atoms with Crippen LogP contribution in [-0.2, 0) is 58.8 Å². The number of pyridine rings is 9. The fraction of sp³-hybridized carbons (Fsp3) is 0.108. The average molecular weight is 1690 g/mol. The summed E-state index contributed by atoms with van der Waals surface area (Å²) < 4.78 is 8.95. The highest BCUT2D eigenvalue weighted by Gasteiger charge is 2.21. The second kappa shape index (κ2) is 38.1. The fourth-order valence-electron chi connectivity index (χ4n) is 14.3. The molecule has 0 unspecified atom stereocenters. The molecule has 3 amide bonds. The van der Waals surface area contributed by atoms with Crippen LogP contribution in [0.15, 0.2) is 289 Å². The van der Waals surface area contributed by atoms with Crippen LogP contribution >= 0.6 is 0 Å². The van der Waals surface area contributed by atoms with Crippen molar-refractivity contribution in [2.75, 3.05) is 16.0 Å². The van der Waals surface area contributed by atoms with Crippen molar-refractivity contribution in [3.8, 4) is 89.9 Å². The van der Waals surface area contributed by atoms with E-state index in [1.54, 1.807) is 170 Å². The van der Waals surface area contributed by atoms with E-state index in [9.17, 15) is 19.2 Å². The van der Waals surface area contributed by atoms with Gasteiger partial charge in [0.2, 0.25) is 17.7 Å². The molecule has 20 rings (SSSR count). The first-order chi connectivity index (χ1) is 62.6. The molecule has 20 aromatic heterocycles. The lowest BCUT2D eigenvalue weighted by molar-refractivity contribution is -0.119. The van der Waals surface area contributed by atoms with Crippen LogP contribution in [0.4, 0.5) is 17.5 Å². The van der Waals surface area contributed by atoms with Crippen LogP contribution in [0.1, 0.15) is 28.5 Å². The summed E-state index contributed by atoms with van der Waals surface area (Å²) in [6, 6.07) is 38.0. The van der Waals surface area contributed by atoms with Crippen molar-refractivity contribution in [2.24, 2.45) is 7.05 Å². The van der Waals surface area contributed by atoms with Crippen molar-refractivity contribution in [1.29, 1.82) is 0 Å². The van der Waals surface area contributed by atoms with Crippen LogP contribution in [0.5, 0.6) is 0 Å². The second-order valence-corrected chi connectivity index (χ2v) is 29.1. The maximum Gasteiger partial charge on any atom is 0.247 e. The van der Waals surface area contributed by atoms with Crippen LogP contribution in [0.3, 0.4) is 0 Å².